The van der Waals surface area contributed by atoms with Crippen molar-refractivity contribution in [2.45, 2.75) is 26.4 Å². The molecule has 194 valence electrons. The number of para-hydroxylation sites is 1. The van der Waals surface area contributed by atoms with Crippen LogP contribution in [0.4, 0.5) is 5.82 Å². The quantitative estimate of drug-likeness (QED) is 0.449. The average molecular weight is 503 g/mol. The Kier molecular flexibility index (Phi) is 7.02. The first-order chi connectivity index (χ1) is 17.9. The molecule has 0 spiro atoms. The van der Waals surface area contributed by atoms with Crippen LogP contribution in [0.2, 0.25) is 0 Å². The van der Waals surface area contributed by atoms with E-state index in [1.54, 1.807) is 6.92 Å². The number of benzene rings is 2. The van der Waals surface area contributed by atoms with E-state index in [-0.39, 0.29) is 12.6 Å². The molecule has 1 saturated heterocycles. The van der Waals surface area contributed by atoms with E-state index >= 15 is 0 Å². The summed E-state index contributed by atoms with van der Waals surface area (Å²) in [5, 5.41) is 1.08. The highest BCUT2D eigenvalue weighted by atomic mass is 16.5. The summed E-state index contributed by atoms with van der Waals surface area (Å²) in [6.07, 6.45) is 0.854. The van der Waals surface area contributed by atoms with Gasteiger partial charge in [0.2, 0.25) is 5.91 Å². The van der Waals surface area contributed by atoms with Gasteiger partial charge in [0.15, 0.2) is 0 Å². The number of piperazine rings is 1. The lowest BCUT2D eigenvalue weighted by Gasteiger charge is -2.33. The van der Waals surface area contributed by atoms with Crippen molar-refractivity contribution in [3.05, 3.63) is 65.7 Å². The number of hydrogen-bond acceptors (Lipinski definition) is 7. The van der Waals surface area contributed by atoms with Gasteiger partial charge in [0.05, 0.1) is 23.5 Å². The summed E-state index contributed by atoms with van der Waals surface area (Å²) < 4.78 is 11.4. The highest BCUT2D eigenvalue weighted by Crippen LogP contribution is 2.55. The fourth-order valence-electron chi connectivity index (χ4n) is 5.22. The van der Waals surface area contributed by atoms with E-state index in [1.807, 2.05) is 42.5 Å². The van der Waals surface area contributed by atoms with Gasteiger partial charge in [0.1, 0.15) is 18.2 Å². The fourth-order valence-corrected chi connectivity index (χ4v) is 5.22. The molecule has 3 aromatic rings. The molecule has 2 aromatic carbocycles. The van der Waals surface area contributed by atoms with Gasteiger partial charge in [-0.15, -0.1) is 0 Å². The Morgan fingerprint density at radius 3 is 2.49 bits per heavy atom. The van der Waals surface area contributed by atoms with E-state index in [2.05, 4.69) is 29.0 Å². The highest BCUT2D eigenvalue weighted by molar-refractivity contribution is 5.93. The van der Waals surface area contributed by atoms with Gasteiger partial charge in [-0.3, -0.25) is 9.59 Å². The van der Waals surface area contributed by atoms with Crippen molar-refractivity contribution in [2.24, 2.45) is 17.1 Å². The molecule has 0 radical (unpaired) electrons. The molecule has 1 aromatic heterocycles. The Morgan fingerprint density at radius 2 is 1.81 bits per heavy atom. The van der Waals surface area contributed by atoms with Gasteiger partial charge in [0.25, 0.3) is 0 Å². The molecule has 2 atom stereocenters. The molecule has 37 heavy (non-hydrogen) atoms. The normalized spacial score (nSPS) is 21.6. The molecule has 1 amide bonds. The van der Waals surface area contributed by atoms with E-state index in [0.29, 0.717) is 19.4 Å². The first-order valence-corrected chi connectivity index (χ1v) is 12.9. The zero-order valence-corrected chi connectivity index (χ0v) is 21.5. The number of fused-ring (bicyclic) bond motifs is 1. The van der Waals surface area contributed by atoms with Gasteiger partial charge < -0.3 is 25.0 Å². The number of nitrogens with zero attached hydrogens (tertiary/aromatic N) is 3. The molecule has 8 heteroatoms. The fraction of sp³-hybridized carbons (Fsp3) is 0.414. The summed E-state index contributed by atoms with van der Waals surface area (Å²) in [6, 6.07) is 18.0. The second kappa shape index (κ2) is 10.4. The highest BCUT2D eigenvalue weighted by Gasteiger charge is 2.63. The molecule has 1 aliphatic heterocycles. The molecule has 2 fully saturated rings. The summed E-state index contributed by atoms with van der Waals surface area (Å²) in [6.45, 7) is 6.40. The van der Waals surface area contributed by atoms with Gasteiger partial charge in [0, 0.05) is 37.1 Å². The van der Waals surface area contributed by atoms with Crippen molar-refractivity contribution >= 4 is 28.6 Å². The average Bonchev–Trinajstić information content (AvgIpc) is 3.64. The van der Waals surface area contributed by atoms with E-state index < -0.39 is 17.2 Å². The number of carbonyl (C=O) groups is 2. The van der Waals surface area contributed by atoms with Crippen LogP contribution in [-0.2, 0) is 27.4 Å². The van der Waals surface area contributed by atoms with Gasteiger partial charge in [-0.25, -0.2) is 4.98 Å². The lowest BCUT2D eigenvalue weighted by molar-refractivity contribution is -0.151. The Bertz CT molecular complexity index is 1290. The molecule has 5 rings (SSSR count). The topological polar surface area (TPSA) is 98.0 Å². The van der Waals surface area contributed by atoms with Crippen molar-refractivity contribution in [3.8, 4) is 5.75 Å². The number of primary amides is 1. The van der Waals surface area contributed by atoms with E-state index in [9.17, 15) is 9.59 Å². The summed E-state index contributed by atoms with van der Waals surface area (Å²) in [4.78, 5) is 33.9. The van der Waals surface area contributed by atoms with Crippen molar-refractivity contribution in [3.63, 3.8) is 0 Å². The third-order valence-corrected chi connectivity index (χ3v) is 7.55. The number of ether oxygens (including phenoxy) is 2. The van der Waals surface area contributed by atoms with E-state index in [0.717, 1.165) is 59.8 Å². The summed E-state index contributed by atoms with van der Waals surface area (Å²) in [5.41, 5.74) is 7.65. The maximum atomic E-state index is 12.6. The largest absolute Gasteiger partial charge is 0.489 e. The van der Waals surface area contributed by atoms with Crippen molar-refractivity contribution in [1.29, 1.82) is 0 Å². The minimum atomic E-state index is -0.847. The van der Waals surface area contributed by atoms with Gasteiger partial charge in [-0.2, -0.15) is 0 Å². The molecule has 2 unspecified atom stereocenters. The number of pyridine rings is 1. The predicted molar refractivity (Wildman–Crippen MR) is 142 cm³/mol. The first-order valence-electron chi connectivity index (χ1n) is 12.9. The zero-order valence-electron chi connectivity index (χ0n) is 21.5. The predicted octanol–water partition coefficient (Wildman–Crippen LogP) is 3.16. The van der Waals surface area contributed by atoms with Crippen LogP contribution in [0.1, 0.15) is 24.5 Å². The summed E-state index contributed by atoms with van der Waals surface area (Å²) in [5.74, 6) is 0.446. The molecule has 8 nitrogen and oxygen atoms in total. The number of amides is 1. The number of anilines is 1. The first kappa shape index (κ1) is 25.0. The minimum absolute atomic E-state index is 0.277. The third-order valence-electron chi connectivity index (χ3n) is 7.55. The molecule has 2 aliphatic rings. The van der Waals surface area contributed by atoms with Crippen LogP contribution < -0.4 is 15.4 Å². The number of carbonyl (C=O) groups excluding carboxylic acids is 2. The van der Waals surface area contributed by atoms with Gasteiger partial charge in [-0.05, 0) is 56.6 Å². The second-order valence-electron chi connectivity index (χ2n) is 10.1. The number of nitrogens with two attached hydrogens (primary N) is 1. The van der Waals surface area contributed by atoms with Gasteiger partial charge >= 0.3 is 5.97 Å². The third kappa shape index (κ3) is 5.25. The Balaban J connectivity index is 1.29. The van der Waals surface area contributed by atoms with Gasteiger partial charge in [-0.1, -0.05) is 30.3 Å². The number of esters is 1. The van der Waals surface area contributed by atoms with E-state index in [4.69, 9.17) is 20.2 Å². The minimum Gasteiger partial charge on any atom is -0.489 e. The molecular formula is C29H34N4O4. The SMILES string of the molecule is CCOC(=O)C1(Cc2ccc(OCc3cc(N4CCN(C)CC4)nc4ccccc34)cc2)CC1C(N)=O. The second-order valence-corrected chi connectivity index (χ2v) is 10.1. The van der Waals surface area contributed by atoms with E-state index in [1.165, 1.54) is 0 Å². The van der Waals surface area contributed by atoms with Crippen LogP contribution in [0.3, 0.4) is 0 Å². The molecule has 2 heterocycles. The van der Waals surface area contributed by atoms with Crippen LogP contribution in [0, 0.1) is 11.3 Å². The Morgan fingerprint density at radius 1 is 1.08 bits per heavy atom. The van der Waals surface area contributed by atoms with Crippen LogP contribution in [0.25, 0.3) is 10.9 Å². The van der Waals surface area contributed by atoms with Crippen molar-refractivity contribution < 1.29 is 19.1 Å². The molecule has 0 bridgehead atoms. The lowest BCUT2D eigenvalue weighted by atomic mass is 9.93. The monoisotopic (exact) mass is 502 g/mol. The molecular weight excluding hydrogens is 468 g/mol. The smallest absolute Gasteiger partial charge is 0.313 e. The Labute approximate surface area is 217 Å². The molecule has 1 saturated carbocycles. The zero-order chi connectivity index (χ0) is 26.0. The maximum Gasteiger partial charge on any atom is 0.313 e. The van der Waals surface area contributed by atoms with Crippen LogP contribution in [-0.4, -0.2) is 61.6 Å². The molecule has 2 N–H and O–H groups in total. The summed E-state index contributed by atoms with van der Waals surface area (Å²) in [7, 11) is 2.15. The maximum absolute atomic E-state index is 12.6. The van der Waals surface area contributed by atoms with Crippen LogP contribution in [0.5, 0.6) is 5.75 Å². The Hall–Kier alpha value is -3.65. The van der Waals surface area contributed by atoms with Crippen LogP contribution in [0.15, 0.2) is 54.6 Å². The van der Waals surface area contributed by atoms with Crippen molar-refractivity contribution in [1.82, 2.24) is 9.88 Å². The number of aromatic nitrogens is 1. The summed E-state index contributed by atoms with van der Waals surface area (Å²) >= 11 is 0. The van der Waals surface area contributed by atoms with Crippen molar-refractivity contribution in [2.75, 3.05) is 44.7 Å². The number of hydrogen-bond donors (Lipinski definition) is 1. The standard InChI is InChI=1S/C29H34N4O4/c1-3-36-28(35)29(18-24(29)27(30)34)17-20-8-10-22(11-9-20)37-19-21-16-26(33-14-12-32(2)13-15-33)31-25-7-5-4-6-23(21)25/h4-11,16,24H,3,12-15,17-19H2,1-2H3,(H2,30,34). The number of rotatable bonds is 9. The molecule has 1 aliphatic carbocycles. The lowest BCUT2D eigenvalue weighted by Crippen LogP contribution is -2.44. The number of likely N-dealkylation sites (N-methyl/N-ethyl adjacent to an activating group) is 1. The van der Waals surface area contributed by atoms with Crippen LogP contribution >= 0.6 is 0 Å².